The quantitative estimate of drug-likeness (QED) is 0.705. The van der Waals surface area contributed by atoms with E-state index in [4.69, 9.17) is 16.3 Å². The first kappa shape index (κ1) is 17.5. The van der Waals surface area contributed by atoms with E-state index in [1.807, 2.05) is 31.2 Å². The number of amides is 1. The number of rotatable bonds is 5. The van der Waals surface area contributed by atoms with E-state index < -0.39 is 0 Å². The lowest BCUT2D eigenvalue weighted by Gasteiger charge is -2.05. The van der Waals surface area contributed by atoms with E-state index >= 15 is 0 Å². The van der Waals surface area contributed by atoms with Gasteiger partial charge in [0.2, 0.25) is 0 Å². The number of aryl methyl sites for hydroxylation is 1. The molecular weight excluding hydrogens is 356 g/mol. The van der Waals surface area contributed by atoms with E-state index in [-0.39, 0.29) is 5.91 Å². The molecule has 2 aromatic carbocycles. The lowest BCUT2D eigenvalue weighted by atomic mass is 10.2. The van der Waals surface area contributed by atoms with Crippen molar-refractivity contribution < 1.29 is 9.53 Å². The van der Waals surface area contributed by atoms with Crippen molar-refractivity contribution in [1.29, 1.82) is 0 Å². The maximum Gasteiger partial charge on any atom is 0.251 e. The molecule has 0 spiro atoms. The Morgan fingerprint density at radius 2 is 1.92 bits per heavy atom. The van der Waals surface area contributed by atoms with Crippen molar-refractivity contribution >= 4 is 28.8 Å². The summed E-state index contributed by atoms with van der Waals surface area (Å²) < 4.78 is 5.10. The molecule has 0 atom stereocenters. The molecule has 1 N–H and O–H groups in total. The fourth-order valence-corrected chi connectivity index (χ4v) is 3.67. The summed E-state index contributed by atoms with van der Waals surface area (Å²) in [5, 5.41) is 4.46. The molecule has 25 heavy (non-hydrogen) atoms. The number of carbonyl (C=O) groups is 1. The Labute approximate surface area is 155 Å². The number of hydrogen-bond donors (Lipinski definition) is 1. The average Bonchev–Trinajstić information content (AvgIpc) is 3.00. The molecule has 1 heterocycles. The standard InChI is InChI=1S/C19H17ClN2O2S/c1-12-17(25-19(22-12)15-5-3-4-6-16(15)20)11-21-18(23)13-7-9-14(24-2)10-8-13/h3-10H,11H2,1-2H3,(H,21,23). The van der Waals surface area contributed by atoms with Gasteiger partial charge in [0, 0.05) is 16.0 Å². The Balaban J connectivity index is 1.71. The molecule has 1 amide bonds. The number of nitrogens with one attached hydrogen (secondary N) is 1. The van der Waals surface area contributed by atoms with Gasteiger partial charge in [-0.3, -0.25) is 4.79 Å². The van der Waals surface area contributed by atoms with Crippen molar-refractivity contribution in [3.05, 3.63) is 69.7 Å². The molecule has 0 saturated carbocycles. The highest BCUT2D eigenvalue weighted by molar-refractivity contribution is 7.15. The molecule has 0 aliphatic rings. The van der Waals surface area contributed by atoms with Crippen molar-refractivity contribution in [2.75, 3.05) is 7.11 Å². The van der Waals surface area contributed by atoms with Crippen LogP contribution in [0.2, 0.25) is 5.02 Å². The van der Waals surface area contributed by atoms with Crippen LogP contribution in [0.5, 0.6) is 5.75 Å². The van der Waals surface area contributed by atoms with E-state index in [1.54, 1.807) is 31.4 Å². The number of methoxy groups -OCH3 is 1. The molecule has 3 aromatic rings. The van der Waals surface area contributed by atoms with Crippen molar-refractivity contribution in [3.8, 4) is 16.3 Å². The molecule has 0 saturated heterocycles. The molecule has 4 nitrogen and oxygen atoms in total. The van der Waals surface area contributed by atoms with Crippen LogP contribution in [-0.2, 0) is 6.54 Å². The maximum absolute atomic E-state index is 12.3. The molecule has 1 aromatic heterocycles. The normalized spacial score (nSPS) is 10.5. The summed E-state index contributed by atoms with van der Waals surface area (Å²) in [5.74, 6) is 0.592. The molecular formula is C19H17ClN2O2S. The Kier molecular flexibility index (Phi) is 5.36. The van der Waals surface area contributed by atoms with Crippen LogP contribution >= 0.6 is 22.9 Å². The highest BCUT2D eigenvalue weighted by atomic mass is 35.5. The number of halogens is 1. The first-order valence-electron chi connectivity index (χ1n) is 7.72. The molecule has 0 bridgehead atoms. The van der Waals surface area contributed by atoms with Crippen LogP contribution in [0.1, 0.15) is 20.9 Å². The summed E-state index contributed by atoms with van der Waals surface area (Å²) in [6.45, 7) is 2.37. The van der Waals surface area contributed by atoms with Crippen LogP contribution in [0.25, 0.3) is 10.6 Å². The first-order valence-corrected chi connectivity index (χ1v) is 8.91. The fourth-order valence-electron chi connectivity index (χ4n) is 2.35. The third-order valence-corrected chi connectivity index (χ3v) is 5.28. The zero-order chi connectivity index (χ0) is 17.8. The molecule has 0 unspecified atom stereocenters. The van der Waals surface area contributed by atoms with Gasteiger partial charge in [-0.05, 0) is 37.3 Å². The maximum atomic E-state index is 12.3. The highest BCUT2D eigenvalue weighted by Gasteiger charge is 2.13. The average molecular weight is 373 g/mol. The predicted octanol–water partition coefficient (Wildman–Crippen LogP) is 4.71. The van der Waals surface area contributed by atoms with Gasteiger partial charge in [-0.2, -0.15) is 0 Å². The zero-order valence-corrected chi connectivity index (χ0v) is 15.4. The van der Waals surface area contributed by atoms with Crippen LogP contribution in [-0.4, -0.2) is 18.0 Å². The van der Waals surface area contributed by atoms with Crippen LogP contribution in [0.3, 0.4) is 0 Å². The van der Waals surface area contributed by atoms with Crippen LogP contribution < -0.4 is 10.1 Å². The third-order valence-electron chi connectivity index (χ3n) is 3.76. The largest absolute Gasteiger partial charge is 0.497 e. The predicted molar refractivity (Wildman–Crippen MR) is 101 cm³/mol. The molecule has 0 fully saturated rings. The van der Waals surface area contributed by atoms with Gasteiger partial charge in [0.25, 0.3) is 5.91 Å². The second kappa shape index (κ2) is 7.68. The number of ether oxygens (including phenoxy) is 1. The van der Waals surface area contributed by atoms with Crippen LogP contribution in [0.4, 0.5) is 0 Å². The highest BCUT2D eigenvalue weighted by Crippen LogP contribution is 2.32. The summed E-state index contributed by atoms with van der Waals surface area (Å²) in [6.07, 6.45) is 0. The Hall–Kier alpha value is -2.37. The van der Waals surface area contributed by atoms with E-state index in [0.717, 1.165) is 26.9 Å². The summed E-state index contributed by atoms with van der Waals surface area (Å²) >= 11 is 7.78. The van der Waals surface area contributed by atoms with Gasteiger partial charge in [0.05, 0.1) is 24.4 Å². The molecule has 0 aliphatic carbocycles. The summed E-state index contributed by atoms with van der Waals surface area (Å²) in [4.78, 5) is 17.9. The van der Waals surface area contributed by atoms with E-state index in [9.17, 15) is 4.79 Å². The number of thiazole rings is 1. The smallest absolute Gasteiger partial charge is 0.251 e. The second-order valence-electron chi connectivity index (χ2n) is 5.42. The van der Waals surface area contributed by atoms with Crippen molar-refractivity contribution in [1.82, 2.24) is 10.3 Å². The summed E-state index contributed by atoms with van der Waals surface area (Å²) in [6, 6.07) is 14.6. The minimum atomic E-state index is -0.130. The third kappa shape index (κ3) is 4.00. The number of aromatic nitrogens is 1. The number of carbonyl (C=O) groups excluding carboxylic acids is 1. The van der Waals surface area contributed by atoms with Gasteiger partial charge in [0.1, 0.15) is 10.8 Å². The SMILES string of the molecule is COc1ccc(C(=O)NCc2sc(-c3ccccc3Cl)nc2C)cc1. The minimum Gasteiger partial charge on any atom is -0.497 e. The number of nitrogens with zero attached hydrogens (tertiary/aromatic N) is 1. The van der Waals surface area contributed by atoms with Gasteiger partial charge in [-0.1, -0.05) is 29.8 Å². The van der Waals surface area contributed by atoms with E-state index in [2.05, 4.69) is 10.3 Å². The Morgan fingerprint density at radius 1 is 1.20 bits per heavy atom. The van der Waals surface area contributed by atoms with Crippen molar-refractivity contribution in [2.24, 2.45) is 0 Å². The van der Waals surface area contributed by atoms with Crippen LogP contribution in [0.15, 0.2) is 48.5 Å². The lowest BCUT2D eigenvalue weighted by Crippen LogP contribution is -2.22. The Morgan fingerprint density at radius 3 is 2.60 bits per heavy atom. The van der Waals surface area contributed by atoms with E-state index in [1.165, 1.54) is 11.3 Å². The van der Waals surface area contributed by atoms with Crippen molar-refractivity contribution in [3.63, 3.8) is 0 Å². The molecule has 0 radical (unpaired) electrons. The fraction of sp³-hybridized carbons (Fsp3) is 0.158. The van der Waals surface area contributed by atoms with Gasteiger partial charge in [-0.25, -0.2) is 4.98 Å². The van der Waals surface area contributed by atoms with Gasteiger partial charge in [0.15, 0.2) is 0 Å². The topological polar surface area (TPSA) is 51.2 Å². The minimum absolute atomic E-state index is 0.130. The van der Waals surface area contributed by atoms with Crippen LogP contribution in [0, 0.1) is 6.92 Å². The monoisotopic (exact) mass is 372 g/mol. The molecule has 3 rings (SSSR count). The molecule has 128 valence electrons. The molecule has 6 heteroatoms. The van der Waals surface area contributed by atoms with Gasteiger partial charge >= 0.3 is 0 Å². The lowest BCUT2D eigenvalue weighted by molar-refractivity contribution is 0.0951. The zero-order valence-electron chi connectivity index (χ0n) is 13.9. The first-order chi connectivity index (χ1) is 12.1. The van der Waals surface area contributed by atoms with E-state index in [0.29, 0.717) is 17.1 Å². The second-order valence-corrected chi connectivity index (χ2v) is 6.91. The number of benzene rings is 2. The van der Waals surface area contributed by atoms with Gasteiger partial charge in [-0.15, -0.1) is 11.3 Å². The number of hydrogen-bond acceptors (Lipinski definition) is 4. The Bertz CT molecular complexity index is 891. The van der Waals surface area contributed by atoms with Crippen molar-refractivity contribution in [2.45, 2.75) is 13.5 Å². The summed E-state index contributed by atoms with van der Waals surface area (Å²) in [7, 11) is 1.60. The molecule has 0 aliphatic heterocycles. The van der Waals surface area contributed by atoms with Gasteiger partial charge < -0.3 is 10.1 Å². The summed E-state index contributed by atoms with van der Waals surface area (Å²) in [5.41, 5.74) is 2.40.